The number of nitrogens with one attached hydrogen (secondary N) is 1. The molecule has 0 radical (unpaired) electrons. The molecule has 0 unspecified atom stereocenters. The van der Waals surface area contributed by atoms with Crippen LogP contribution >= 0.6 is 0 Å². The number of hydrogen-bond acceptors (Lipinski definition) is 2. The Morgan fingerprint density at radius 3 is 2.29 bits per heavy atom. The van der Waals surface area contributed by atoms with E-state index in [1.54, 1.807) is 0 Å². The van der Waals surface area contributed by atoms with Crippen molar-refractivity contribution in [3.05, 3.63) is 35.4 Å². The highest BCUT2D eigenvalue weighted by Crippen LogP contribution is 2.29. The van der Waals surface area contributed by atoms with E-state index in [4.69, 9.17) is 0 Å². The smallest absolute Gasteiger partial charge is 0.394 e. The highest BCUT2D eigenvalue weighted by Gasteiger charge is 2.32. The maximum absolute atomic E-state index is 12.4. The van der Waals surface area contributed by atoms with Gasteiger partial charge in [0.1, 0.15) is 0 Å². The summed E-state index contributed by atoms with van der Waals surface area (Å²) in [6.07, 6.45) is -0.250. The highest BCUT2D eigenvalue weighted by atomic mass is 19.4. The number of hydrogen-bond donors (Lipinski definition) is 2. The lowest BCUT2D eigenvalue weighted by Crippen LogP contribution is -2.46. The molecule has 0 amide bonds. The summed E-state index contributed by atoms with van der Waals surface area (Å²) in [5, 5.41) is 12.7. The first-order valence-electron chi connectivity index (χ1n) is 6.97. The van der Waals surface area contributed by atoms with Gasteiger partial charge >= 0.3 is 6.18 Å². The summed E-state index contributed by atoms with van der Waals surface area (Å²) in [5.74, 6) is 5.72. The molecule has 2 N–H and O–H groups in total. The Bertz CT molecular complexity index is 519. The van der Waals surface area contributed by atoms with E-state index in [1.807, 2.05) is 0 Å². The summed E-state index contributed by atoms with van der Waals surface area (Å²) in [6, 6.07) is 4.80. The van der Waals surface area contributed by atoms with Gasteiger partial charge in [0.15, 0.2) is 0 Å². The Morgan fingerprint density at radius 2 is 1.76 bits per heavy atom. The quantitative estimate of drug-likeness (QED) is 0.841. The Kier molecular flexibility index (Phi) is 4.92. The van der Waals surface area contributed by atoms with Gasteiger partial charge in [-0.15, -0.1) is 0 Å². The van der Waals surface area contributed by atoms with Crippen LogP contribution in [-0.2, 0) is 6.18 Å². The van der Waals surface area contributed by atoms with Crippen LogP contribution in [0, 0.1) is 11.8 Å². The standard InChI is InChI=1S/C16H18F3NO/c17-16(18,19)14-7-5-13(6-8-14)4-3-11-20-15(12-21)9-1-2-10-15/h5-8,20-21H,1-2,9-12H2. The van der Waals surface area contributed by atoms with Gasteiger partial charge in [0.05, 0.1) is 18.7 Å². The Morgan fingerprint density at radius 1 is 1.14 bits per heavy atom. The molecule has 1 aromatic carbocycles. The number of alkyl halides is 3. The van der Waals surface area contributed by atoms with Crippen molar-refractivity contribution in [2.45, 2.75) is 37.4 Å². The maximum atomic E-state index is 12.4. The van der Waals surface area contributed by atoms with Crippen LogP contribution in [0.5, 0.6) is 0 Å². The predicted octanol–water partition coefficient (Wildman–Crippen LogP) is 2.95. The van der Waals surface area contributed by atoms with E-state index in [0.29, 0.717) is 12.1 Å². The number of halogens is 3. The zero-order chi connectivity index (χ0) is 15.3. The first-order valence-corrected chi connectivity index (χ1v) is 6.97. The van der Waals surface area contributed by atoms with Crippen LogP contribution in [0.4, 0.5) is 13.2 Å². The van der Waals surface area contributed by atoms with Crippen LogP contribution in [0.15, 0.2) is 24.3 Å². The van der Waals surface area contributed by atoms with Gasteiger partial charge in [-0.2, -0.15) is 13.2 Å². The van der Waals surface area contributed by atoms with Crippen molar-refractivity contribution >= 4 is 0 Å². The zero-order valence-electron chi connectivity index (χ0n) is 11.6. The maximum Gasteiger partial charge on any atom is 0.416 e. The fraction of sp³-hybridized carbons (Fsp3) is 0.500. The summed E-state index contributed by atoms with van der Waals surface area (Å²) < 4.78 is 37.2. The van der Waals surface area contributed by atoms with E-state index < -0.39 is 11.7 Å². The van der Waals surface area contributed by atoms with E-state index in [2.05, 4.69) is 17.2 Å². The van der Waals surface area contributed by atoms with Crippen molar-refractivity contribution < 1.29 is 18.3 Å². The first kappa shape index (κ1) is 15.9. The molecule has 0 spiro atoms. The molecule has 0 atom stereocenters. The monoisotopic (exact) mass is 297 g/mol. The van der Waals surface area contributed by atoms with Crippen LogP contribution in [0.2, 0.25) is 0 Å². The third-order valence-corrected chi connectivity index (χ3v) is 3.86. The fourth-order valence-corrected chi connectivity index (χ4v) is 2.56. The van der Waals surface area contributed by atoms with E-state index in [-0.39, 0.29) is 12.1 Å². The summed E-state index contributed by atoms with van der Waals surface area (Å²) in [6.45, 7) is 0.510. The Balaban J connectivity index is 1.91. The predicted molar refractivity (Wildman–Crippen MR) is 74.6 cm³/mol. The average molecular weight is 297 g/mol. The first-order chi connectivity index (χ1) is 9.95. The molecule has 0 saturated heterocycles. The van der Waals surface area contributed by atoms with E-state index in [1.165, 1.54) is 12.1 Å². The van der Waals surface area contributed by atoms with Crippen LogP contribution < -0.4 is 5.32 Å². The molecule has 1 aromatic rings. The van der Waals surface area contributed by atoms with Crippen molar-refractivity contribution in [1.29, 1.82) is 0 Å². The molecule has 2 rings (SSSR count). The van der Waals surface area contributed by atoms with Crippen LogP contribution in [0.1, 0.15) is 36.8 Å². The topological polar surface area (TPSA) is 32.3 Å². The third-order valence-electron chi connectivity index (χ3n) is 3.86. The lowest BCUT2D eigenvalue weighted by molar-refractivity contribution is -0.137. The SMILES string of the molecule is OCC1(NCC#Cc2ccc(C(F)(F)F)cc2)CCCC1. The lowest BCUT2D eigenvalue weighted by atomic mass is 9.99. The third kappa shape index (κ3) is 4.23. The molecule has 0 aliphatic heterocycles. The Labute approximate surface area is 122 Å². The van der Waals surface area contributed by atoms with Gasteiger partial charge in [-0.1, -0.05) is 24.7 Å². The van der Waals surface area contributed by atoms with E-state index in [9.17, 15) is 18.3 Å². The minimum Gasteiger partial charge on any atom is -0.394 e. The molecular weight excluding hydrogens is 279 g/mol. The second-order valence-corrected chi connectivity index (χ2v) is 5.38. The van der Waals surface area contributed by atoms with Crippen molar-refractivity contribution in [2.24, 2.45) is 0 Å². The van der Waals surface area contributed by atoms with Gasteiger partial charge < -0.3 is 5.11 Å². The van der Waals surface area contributed by atoms with Crippen molar-refractivity contribution in [2.75, 3.05) is 13.2 Å². The van der Waals surface area contributed by atoms with Gasteiger partial charge in [-0.3, -0.25) is 5.32 Å². The van der Waals surface area contributed by atoms with Gasteiger partial charge in [0, 0.05) is 11.1 Å². The number of benzene rings is 1. The van der Waals surface area contributed by atoms with Crippen LogP contribution in [-0.4, -0.2) is 23.8 Å². The molecule has 1 aliphatic rings. The van der Waals surface area contributed by atoms with E-state index >= 15 is 0 Å². The van der Waals surface area contributed by atoms with Gasteiger partial charge in [0.2, 0.25) is 0 Å². The van der Waals surface area contributed by atoms with Crippen LogP contribution in [0.25, 0.3) is 0 Å². The normalized spacial score (nSPS) is 17.3. The molecule has 0 bridgehead atoms. The van der Waals surface area contributed by atoms with Crippen molar-refractivity contribution in [3.63, 3.8) is 0 Å². The molecular formula is C16H18F3NO. The van der Waals surface area contributed by atoms with Crippen LogP contribution in [0.3, 0.4) is 0 Å². The number of aliphatic hydroxyl groups is 1. The molecule has 2 nitrogen and oxygen atoms in total. The molecule has 0 aromatic heterocycles. The lowest BCUT2D eigenvalue weighted by Gasteiger charge is -2.26. The fourth-order valence-electron chi connectivity index (χ4n) is 2.56. The summed E-state index contributed by atoms with van der Waals surface area (Å²) >= 11 is 0. The number of aliphatic hydroxyl groups excluding tert-OH is 1. The minimum atomic E-state index is -4.32. The van der Waals surface area contributed by atoms with E-state index in [0.717, 1.165) is 37.8 Å². The number of rotatable bonds is 3. The highest BCUT2D eigenvalue weighted by molar-refractivity contribution is 5.37. The van der Waals surface area contributed by atoms with Gasteiger partial charge in [-0.05, 0) is 37.1 Å². The average Bonchev–Trinajstić information content (AvgIpc) is 2.93. The largest absolute Gasteiger partial charge is 0.416 e. The summed E-state index contributed by atoms with van der Waals surface area (Å²) in [5.41, 5.74) is -0.347. The molecule has 114 valence electrons. The Hall–Kier alpha value is -1.51. The summed E-state index contributed by atoms with van der Waals surface area (Å²) in [4.78, 5) is 0. The molecule has 5 heteroatoms. The van der Waals surface area contributed by atoms with Crippen molar-refractivity contribution in [1.82, 2.24) is 5.32 Å². The van der Waals surface area contributed by atoms with Crippen molar-refractivity contribution in [3.8, 4) is 11.8 Å². The molecule has 1 saturated carbocycles. The second-order valence-electron chi connectivity index (χ2n) is 5.38. The summed E-state index contributed by atoms with van der Waals surface area (Å²) in [7, 11) is 0. The second kappa shape index (κ2) is 6.50. The van der Waals surface area contributed by atoms with Gasteiger partial charge in [0.25, 0.3) is 0 Å². The van der Waals surface area contributed by atoms with Gasteiger partial charge in [-0.25, -0.2) is 0 Å². The molecule has 1 fully saturated rings. The minimum absolute atomic E-state index is 0.0922. The molecule has 1 aliphatic carbocycles. The molecule has 21 heavy (non-hydrogen) atoms. The zero-order valence-corrected chi connectivity index (χ0v) is 11.6. The molecule has 0 heterocycles.